The first-order valence-electron chi connectivity index (χ1n) is 3.73. The summed E-state index contributed by atoms with van der Waals surface area (Å²) in [6.07, 6.45) is 0. The first-order valence-corrected chi connectivity index (χ1v) is 4.54. The van der Waals surface area contributed by atoms with Gasteiger partial charge in [0.25, 0.3) is 0 Å². The third kappa shape index (κ3) is 2.36. The number of hydrogen-bond donors (Lipinski definition) is 0. The Morgan fingerprint density at radius 1 is 1.57 bits per heavy atom. The molecule has 0 saturated carbocycles. The first kappa shape index (κ1) is 11.3. The van der Waals surface area contributed by atoms with Crippen LogP contribution in [-0.4, -0.2) is 13.1 Å². The Morgan fingerprint density at radius 3 is 2.79 bits per heavy atom. The number of carbonyl (C=O) groups is 1. The number of hydrogen-bond acceptors (Lipinski definition) is 2. The van der Waals surface area contributed by atoms with Crippen LogP contribution in [0.5, 0.6) is 0 Å². The summed E-state index contributed by atoms with van der Waals surface area (Å²) in [6.45, 7) is 0. The summed E-state index contributed by atoms with van der Waals surface area (Å²) < 4.78 is 17.5. The molecule has 0 aromatic heterocycles. The van der Waals surface area contributed by atoms with Gasteiger partial charge in [0.15, 0.2) is 5.38 Å². The van der Waals surface area contributed by atoms with Crippen molar-refractivity contribution in [1.29, 1.82) is 0 Å². The van der Waals surface area contributed by atoms with Crippen LogP contribution in [0.1, 0.15) is 10.9 Å². The molecule has 0 spiro atoms. The Balaban J connectivity index is 3.05. The Kier molecular flexibility index (Phi) is 3.72. The molecule has 0 heterocycles. The minimum Gasteiger partial charge on any atom is -0.468 e. The van der Waals surface area contributed by atoms with E-state index < -0.39 is 17.2 Å². The number of esters is 1. The topological polar surface area (TPSA) is 26.3 Å². The van der Waals surface area contributed by atoms with E-state index in [9.17, 15) is 9.18 Å². The fourth-order valence-electron chi connectivity index (χ4n) is 0.939. The maximum Gasteiger partial charge on any atom is 0.328 e. The largest absolute Gasteiger partial charge is 0.468 e. The van der Waals surface area contributed by atoms with Crippen molar-refractivity contribution in [2.75, 3.05) is 7.11 Å². The second-order valence-electron chi connectivity index (χ2n) is 2.55. The van der Waals surface area contributed by atoms with E-state index in [1.165, 1.54) is 19.2 Å². The fraction of sp³-hybridized carbons (Fsp3) is 0.222. The molecule has 0 bridgehead atoms. The van der Waals surface area contributed by atoms with Crippen LogP contribution in [0, 0.1) is 5.82 Å². The lowest BCUT2D eigenvalue weighted by Gasteiger charge is -2.08. The third-order valence-corrected chi connectivity index (χ3v) is 2.29. The van der Waals surface area contributed by atoms with Crippen LogP contribution in [0.4, 0.5) is 4.39 Å². The molecule has 1 rings (SSSR count). The summed E-state index contributed by atoms with van der Waals surface area (Å²) >= 11 is 11.3. The molecule has 1 aromatic carbocycles. The molecule has 0 radical (unpaired) electrons. The highest BCUT2D eigenvalue weighted by Crippen LogP contribution is 2.26. The van der Waals surface area contributed by atoms with Crippen LogP contribution in [0.3, 0.4) is 0 Å². The highest BCUT2D eigenvalue weighted by atomic mass is 35.5. The van der Waals surface area contributed by atoms with Crippen molar-refractivity contribution < 1.29 is 13.9 Å². The van der Waals surface area contributed by atoms with Crippen LogP contribution in [-0.2, 0) is 9.53 Å². The van der Waals surface area contributed by atoms with Gasteiger partial charge in [0.1, 0.15) is 5.82 Å². The van der Waals surface area contributed by atoms with Crippen molar-refractivity contribution >= 4 is 29.2 Å². The molecule has 1 aromatic rings. The standard InChI is InChI=1S/C9H7Cl2FO2/c1-14-9(13)8(11)6-4-5(10)2-3-7(6)12/h2-4,8H,1H3. The first-order chi connectivity index (χ1) is 6.56. The highest BCUT2D eigenvalue weighted by molar-refractivity contribution is 6.32. The average molecular weight is 237 g/mol. The van der Waals surface area contributed by atoms with E-state index in [1.54, 1.807) is 0 Å². The summed E-state index contributed by atoms with van der Waals surface area (Å²) in [5.74, 6) is -1.30. The van der Waals surface area contributed by atoms with Crippen molar-refractivity contribution in [3.05, 3.63) is 34.6 Å². The Hall–Kier alpha value is -0.800. The second kappa shape index (κ2) is 4.62. The molecule has 0 aliphatic carbocycles. The predicted octanol–water partition coefficient (Wildman–Crippen LogP) is 2.93. The molecule has 0 N–H and O–H groups in total. The van der Waals surface area contributed by atoms with Crippen LogP contribution in [0.15, 0.2) is 18.2 Å². The second-order valence-corrected chi connectivity index (χ2v) is 3.42. The zero-order chi connectivity index (χ0) is 10.7. The normalized spacial score (nSPS) is 12.3. The number of methoxy groups -OCH3 is 1. The minimum atomic E-state index is -1.17. The molecule has 0 aliphatic rings. The van der Waals surface area contributed by atoms with Crippen molar-refractivity contribution in [2.24, 2.45) is 0 Å². The van der Waals surface area contributed by atoms with Gasteiger partial charge in [0, 0.05) is 10.6 Å². The van der Waals surface area contributed by atoms with Crippen molar-refractivity contribution in [2.45, 2.75) is 5.38 Å². The molecule has 0 saturated heterocycles. The van der Waals surface area contributed by atoms with E-state index in [4.69, 9.17) is 23.2 Å². The van der Waals surface area contributed by atoms with E-state index in [0.717, 1.165) is 6.07 Å². The van der Waals surface area contributed by atoms with Gasteiger partial charge >= 0.3 is 5.97 Å². The molecule has 0 amide bonds. The quantitative estimate of drug-likeness (QED) is 0.583. The van der Waals surface area contributed by atoms with Gasteiger partial charge in [-0.1, -0.05) is 11.6 Å². The van der Waals surface area contributed by atoms with E-state index >= 15 is 0 Å². The van der Waals surface area contributed by atoms with E-state index in [-0.39, 0.29) is 5.56 Å². The van der Waals surface area contributed by atoms with Crippen molar-refractivity contribution in [3.8, 4) is 0 Å². The molecule has 2 nitrogen and oxygen atoms in total. The van der Waals surface area contributed by atoms with Gasteiger partial charge in [-0.05, 0) is 18.2 Å². The molecule has 0 aliphatic heterocycles. The summed E-state index contributed by atoms with van der Waals surface area (Å²) in [4.78, 5) is 11.0. The maximum absolute atomic E-state index is 13.2. The fourth-order valence-corrected chi connectivity index (χ4v) is 1.38. The van der Waals surface area contributed by atoms with Crippen molar-refractivity contribution in [3.63, 3.8) is 0 Å². The van der Waals surface area contributed by atoms with Gasteiger partial charge in [-0.25, -0.2) is 4.39 Å². The Morgan fingerprint density at radius 2 is 2.21 bits per heavy atom. The van der Waals surface area contributed by atoms with Gasteiger partial charge in [0.05, 0.1) is 7.11 Å². The molecule has 5 heteroatoms. The van der Waals surface area contributed by atoms with Crippen LogP contribution in [0.25, 0.3) is 0 Å². The predicted molar refractivity (Wildman–Crippen MR) is 52.0 cm³/mol. The summed E-state index contributed by atoms with van der Waals surface area (Å²) in [5, 5.41) is -0.852. The number of alkyl halides is 1. The van der Waals surface area contributed by atoms with Crippen LogP contribution < -0.4 is 0 Å². The number of benzene rings is 1. The monoisotopic (exact) mass is 236 g/mol. The van der Waals surface area contributed by atoms with Gasteiger partial charge in [-0.2, -0.15) is 0 Å². The Bertz CT molecular complexity index is 355. The molecule has 1 unspecified atom stereocenters. The molecule has 14 heavy (non-hydrogen) atoms. The van der Waals surface area contributed by atoms with E-state index in [1.807, 2.05) is 0 Å². The number of carbonyl (C=O) groups excluding carboxylic acids is 1. The van der Waals surface area contributed by atoms with Gasteiger partial charge in [-0.3, -0.25) is 4.79 Å². The van der Waals surface area contributed by atoms with Crippen LogP contribution >= 0.6 is 23.2 Å². The van der Waals surface area contributed by atoms with Crippen LogP contribution in [0.2, 0.25) is 5.02 Å². The summed E-state index contributed by atoms with van der Waals surface area (Å²) in [7, 11) is 1.18. The zero-order valence-electron chi connectivity index (χ0n) is 7.26. The minimum absolute atomic E-state index is 0.0195. The van der Waals surface area contributed by atoms with E-state index in [0.29, 0.717) is 5.02 Å². The zero-order valence-corrected chi connectivity index (χ0v) is 8.77. The molecule has 1 atom stereocenters. The van der Waals surface area contributed by atoms with Gasteiger partial charge < -0.3 is 4.74 Å². The third-order valence-electron chi connectivity index (χ3n) is 1.64. The number of ether oxygens (including phenoxy) is 1. The molecule has 0 fully saturated rings. The van der Waals surface area contributed by atoms with Gasteiger partial charge in [0.2, 0.25) is 0 Å². The molecular weight excluding hydrogens is 230 g/mol. The lowest BCUT2D eigenvalue weighted by molar-refractivity contribution is -0.140. The SMILES string of the molecule is COC(=O)C(Cl)c1cc(Cl)ccc1F. The smallest absolute Gasteiger partial charge is 0.328 e. The van der Waals surface area contributed by atoms with E-state index in [2.05, 4.69) is 4.74 Å². The Labute approximate surface area is 90.6 Å². The lowest BCUT2D eigenvalue weighted by atomic mass is 10.1. The average Bonchev–Trinajstić information content (AvgIpc) is 2.19. The highest BCUT2D eigenvalue weighted by Gasteiger charge is 2.21. The number of rotatable bonds is 2. The van der Waals surface area contributed by atoms with Crippen molar-refractivity contribution in [1.82, 2.24) is 0 Å². The van der Waals surface area contributed by atoms with Gasteiger partial charge in [-0.15, -0.1) is 11.6 Å². The summed E-state index contributed by atoms with van der Waals surface area (Å²) in [5.41, 5.74) is 0.0195. The summed E-state index contributed by atoms with van der Waals surface area (Å²) in [6, 6.07) is 3.82. The lowest BCUT2D eigenvalue weighted by Crippen LogP contribution is -2.10. The molecular formula is C9H7Cl2FO2. The maximum atomic E-state index is 13.2. The molecule has 76 valence electrons. The number of halogens is 3.